The standard InChI is InChI=1S/C20H14N6O2/c1-21-19-16(13-4-3-5-15-18(13)26-28-25-15)14-10-22-24-20(14)23-17(19)11-6-8-12(27-2)9-7-11/h3-10,16,19H,2H3,(H,22,24). The third-order valence-electron chi connectivity index (χ3n) is 4.99. The molecule has 1 N–H and O–H groups in total. The highest BCUT2D eigenvalue weighted by atomic mass is 16.6. The number of ether oxygens (including phenoxy) is 1. The summed E-state index contributed by atoms with van der Waals surface area (Å²) in [5.41, 5.74) is 4.55. The average Bonchev–Trinajstić information content (AvgIpc) is 3.41. The van der Waals surface area contributed by atoms with Gasteiger partial charge in [-0.15, -0.1) is 0 Å². The minimum absolute atomic E-state index is 0.295. The predicted molar refractivity (Wildman–Crippen MR) is 102 cm³/mol. The number of nitrogens with one attached hydrogen (secondary N) is 1. The van der Waals surface area contributed by atoms with Gasteiger partial charge in [0.1, 0.15) is 22.5 Å². The molecule has 28 heavy (non-hydrogen) atoms. The molecular formula is C20H14N6O2. The van der Waals surface area contributed by atoms with Gasteiger partial charge in [0.15, 0.2) is 5.82 Å². The molecule has 5 rings (SSSR count). The molecule has 0 saturated heterocycles. The molecular weight excluding hydrogens is 356 g/mol. The first-order valence-electron chi connectivity index (χ1n) is 8.64. The van der Waals surface area contributed by atoms with Gasteiger partial charge in [0.2, 0.25) is 0 Å². The number of hydrogen-bond acceptors (Lipinski definition) is 6. The number of aromatic amines is 1. The van der Waals surface area contributed by atoms with E-state index >= 15 is 0 Å². The quantitative estimate of drug-likeness (QED) is 0.557. The Morgan fingerprint density at radius 2 is 1.96 bits per heavy atom. The van der Waals surface area contributed by atoms with E-state index in [0.29, 0.717) is 22.6 Å². The molecule has 0 bridgehead atoms. The first-order valence-corrected chi connectivity index (χ1v) is 8.64. The van der Waals surface area contributed by atoms with Crippen molar-refractivity contribution in [2.45, 2.75) is 12.0 Å². The minimum atomic E-state index is -0.541. The molecule has 2 aromatic heterocycles. The fourth-order valence-electron chi connectivity index (χ4n) is 3.67. The van der Waals surface area contributed by atoms with E-state index in [1.165, 1.54) is 0 Å². The third-order valence-corrected chi connectivity index (χ3v) is 4.99. The normalized spacial score (nSPS) is 18.4. The number of rotatable bonds is 3. The van der Waals surface area contributed by atoms with E-state index in [9.17, 15) is 0 Å². The second kappa shape index (κ2) is 6.32. The SMILES string of the molecule is [C-]#[N+]C1C(c2ccc(OC)cc2)=Nc2[nH]ncc2C1c1cccc2nonc12. The number of H-pyrrole nitrogens is 1. The molecule has 0 radical (unpaired) electrons. The molecule has 0 fully saturated rings. The van der Waals surface area contributed by atoms with E-state index in [0.717, 1.165) is 22.4 Å². The van der Waals surface area contributed by atoms with Crippen molar-refractivity contribution in [2.24, 2.45) is 4.99 Å². The van der Waals surface area contributed by atoms with E-state index in [2.05, 4.69) is 25.4 Å². The molecule has 1 aliphatic rings. The van der Waals surface area contributed by atoms with Gasteiger partial charge in [-0.25, -0.2) is 16.2 Å². The summed E-state index contributed by atoms with van der Waals surface area (Å²) in [5.74, 6) is 1.09. The smallest absolute Gasteiger partial charge is 0.276 e. The number of hydrogen-bond donors (Lipinski definition) is 1. The maximum Gasteiger partial charge on any atom is 0.276 e. The molecule has 0 saturated carbocycles. The lowest BCUT2D eigenvalue weighted by Crippen LogP contribution is -2.29. The van der Waals surface area contributed by atoms with Gasteiger partial charge < -0.3 is 9.58 Å². The van der Waals surface area contributed by atoms with Gasteiger partial charge in [0.05, 0.1) is 19.2 Å². The summed E-state index contributed by atoms with van der Waals surface area (Å²) in [4.78, 5) is 8.65. The number of nitrogens with zero attached hydrogens (tertiary/aromatic N) is 5. The Bertz CT molecular complexity index is 1230. The van der Waals surface area contributed by atoms with Crippen LogP contribution < -0.4 is 4.74 Å². The van der Waals surface area contributed by atoms with Gasteiger partial charge in [-0.05, 0) is 46.2 Å². The van der Waals surface area contributed by atoms with Gasteiger partial charge >= 0.3 is 0 Å². The molecule has 136 valence electrons. The van der Waals surface area contributed by atoms with Crippen LogP contribution in [0, 0.1) is 6.57 Å². The summed E-state index contributed by atoms with van der Waals surface area (Å²) < 4.78 is 10.2. The van der Waals surface area contributed by atoms with Crippen molar-refractivity contribution in [3.8, 4) is 5.75 Å². The molecule has 2 unspecified atom stereocenters. The van der Waals surface area contributed by atoms with E-state index in [1.807, 2.05) is 42.5 Å². The molecule has 3 heterocycles. The number of methoxy groups -OCH3 is 1. The van der Waals surface area contributed by atoms with Gasteiger partial charge in [0, 0.05) is 11.1 Å². The highest BCUT2D eigenvalue weighted by Crippen LogP contribution is 2.42. The molecule has 2 atom stereocenters. The van der Waals surface area contributed by atoms with Gasteiger partial charge in [-0.2, -0.15) is 5.10 Å². The second-order valence-corrected chi connectivity index (χ2v) is 6.43. The summed E-state index contributed by atoms with van der Waals surface area (Å²) in [6, 6.07) is 12.7. The van der Waals surface area contributed by atoms with Crippen molar-refractivity contribution in [3.63, 3.8) is 0 Å². The van der Waals surface area contributed by atoms with Crippen LogP contribution in [0.25, 0.3) is 15.9 Å². The fraction of sp³-hybridized carbons (Fsp3) is 0.150. The first kappa shape index (κ1) is 16.2. The number of benzene rings is 2. The Labute approximate surface area is 159 Å². The van der Waals surface area contributed by atoms with Gasteiger partial charge in [0.25, 0.3) is 6.04 Å². The summed E-state index contributed by atoms with van der Waals surface area (Å²) in [7, 11) is 1.62. The summed E-state index contributed by atoms with van der Waals surface area (Å²) >= 11 is 0. The third kappa shape index (κ3) is 2.37. The molecule has 0 aliphatic carbocycles. The van der Waals surface area contributed by atoms with Crippen LogP contribution in [0.1, 0.15) is 22.6 Å². The predicted octanol–water partition coefficient (Wildman–Crippen LogP) is 3.51. The number of fused-ring (bicyclic) bond motifs is 2. The van der Waals surface area contributed by atoms with Crippen molar-refractivity contribution >= 4 is 22.6 Å². The molecule has 2 aromatic carbocycles. The Hall–Kier alpha value is -3.99. The van der Waals surface area contributed by atoms with Crippen molar-refractivity contribution in [1.82, 2.24) is 20.5 Å². The second-order valence-electron chi connectivity index (χ2n) is 6.43. The first-order chi connectivity index (χ1) is 13.8. The maximum atomic E-state index is 7.93. The van der Waals surface area contributed by atoms with Crippen molar-refractivity contribution in [2.75, 3.05) is 7.11 Å². The van der Waals surface area contributed by atoms with Crippen LogP contribution in [0.2, 0.25) is 0 Å². The highest BCUT2D eigenvalue weighted by molar-refractivity contribution is 6.09. The number of aliphatic imine (C=N–C) groups is 1. The van der Waals surface area contributed by atoms with Crippen LogP contribution >= 0.6 is 0 Å². The van der Waals surface area contributed by atoms with Crippen LogP contribution in [0.15, 0.2) is 58.3 Å². The van der Waals surface area contributed by atoms with Gasteiger partial charge in [-0.1, -0.05) is 12.1 Å². The molecule has 0 amide bonds. The van der Waals surface area contributed by atoms with E-state index in [4.69, 9.17) is 20.9 Å². The summed E-state index contributed by atoms with van der Waals surface area (Å²) in [5, 5.41) is 15.1. The monoisotopic (exact) mass is 370 g/mol. The highest BCUT2D eigenvalue weighted by Gasteiger charge is 2.42. The van der Waals surface area contributed by atoms with Gasteiger partial charge in [-0.3, -0.25) is 5.10 Å². The zero-order valence-electron chi connectivity index (χ0n) is 14.8. The Morgan fingerprint density at radius 3 is 2.75 bits per heavy atom. The minimum Gasteiger partial charge on any atom is -0.497 e. The lowest BCUT2D eigenvalue weighted by molar-refractivity contribution is 0.315. The lowest BCUT2D eigenvalue weighted by atomic mass is 9.80. The number of aromatic nitrogens is 4. The molecule has 8 nitrogen and oxygen atoms in total. The molecule has 1 aliphatic heterocycles. The molecule has 0 spiro atoms. The zero-order valence-corrected chi connectivity index (χ0v) is 14.8. The maximum absolute atomic E-state index is 7.93. The van der Waals surface area contributed by atoms with Crippen LogP contribution in [0.4, 0.5) is 5.82 Å². The van der Waals surface area contributed by atoms with E-state index in [1.54, 1.807) is 13.3 Å². The summed E-state index contributed by atoms with van der Waals surface area (Å²) in [6.45, 7) is 7.93. The Balaban J connectivity index is 1.71. The average molecular weight is 370 g/mol. The van der Waals surface area contributed by atoms with Crippen LogP contribution in [0.3, 0.4) is 0 Å². The van der Waals surface area contributed by atoms with E-state index < -0.39 is 6.04 Å². The Morgan fingerprint density at radius 1 is 1.11 bits per heavy atom. The lowest BCUT2D eigenvalue weighted by Gasteiger charge is -2.24. The van der Waals surface area contributed by atoms with Crippen LogP contribution in [-0.4, -0.2) is 39.4 Å². The molecule has 4 aromatic rings. The van der Waals surface area contributed by atoms with E-state index in [-0.39, 0.29) is 5.92 Å². The zero-order chi connectivity index (χ0) is 19.1. The molecule has 8 heteroatoms. The van der Waals surface area contributed by atoms with Crippen molar-refractivity contribution in [1.29, 1.82) is 0 Å². The summed E-state index contributed by atoms with van der Waals surface area (Å²) in [6.07, 6.45) is 1.72. The van der Waals surface area contributed by atoms with Crippen LogP contribution in [0.5, 0.6) is 5.75 Å². The fourth-order valence-corrected chi connectivity index (χ4v) is 3.67. The van der Waals surface area contributed by atoms with Crippen molar-refractivity contribution < 1.29 is 9.37 Å². The largest absolute Gasteiger partial charge is 0.497 e. The topological polar surface area (TPSA) is 93.5 Å². The van der Waals surface area contributed by atoms with Crippen molar-refractivity contribution in [3.05, 3.63) is 76.8 Å². The Kier molecular flexibility index (Phi) is 3.66. The van der Waals surface area contributed by atoms with Crippen LogP contribution in [-0.2, 0) is 0 Å².